The molecule has 0 radical (unpaired) electrons. The van der Waals surface area contributed by atoms with Crippen molar-refractivity contribution in [3.63, 3.8) is 0 Å². The number of amides is 1. The molecule has 1 amide bonds. The van der Waals surface area contributed by atoms with Gasteiger partial charge in [0.2, 0.25) is 0 Å². The lowest BCUT2D eigenvalue weighted by molar-refractivity contribution is 0.0526. The van der Waals surface area contributed by atoms with E-state index in [1.165, 1.54) is 0 Å². The summed E-state index contributed by atoms with van der Waals surface area (Å²) in [6.07, 6.45) is 1.54. The highest BCUT2D eigenvalue weighted by molar-refractivity contribution is 7.99. The molecule has 0 fully saturated rings. The van der Waals surface area contributed by atoms with Crippen LogP contribution in [0.3, 0.4) is 0 Å². The van der Waals surface area contributed by atoms with Crippen LogP contribution in [0.4, 0.5) is 5.69 Å². The molecule has 23 heavy (non-hydrogen) atoms. The maximum absolute atomic E-state index is 12.2. The number of thioether (sulfide) groups is 1. The molecule has 0 spiro atoms. The molecule has 0 aliphatic heterocycles. The molecule has 0 saturated carbocycles. The zero-order valence-electron chi connectivity index (χ0n) is 13.0. The topological polar surface area (TPSA) is 68.3 Å². The quantitative estimate of drug-likeness (QED) is 0.647. The van der Waals surface area contributed by atoms with E-state index in [-0.39, 0.29) is 5.91 Å². The lowest BCUT2D eigenvalue weighted by Crippen LogP contribution is -2.13. The van der Waals surface area contributed by atoms with Gasteiger partial charge in [-0.25, -0.2) is 9.78 Å². The lowest BCUT2D eigenvalue weighted by atomic mass is 10.2. The van der Waals surface area contributed by atoms with Crippen LogP contribution < -0.4 is 5.32 Å². The number of aromatic nitrogens is 1. The van der Waals surface area contributed by atoms with Gasteiger partial charge in [0.1, 0.15) is 0 Å². The number of benzene rings is 1. The fourth-order valence-electron chi connectivity index (χ4n) is 1.89. The summed E-state index contributed by atoms with van der Waals surface area (Å²) in [5.74, 6) is 0.247. The van der Waals surface area contributed by atoms with Crippen LogP contribution in [0.25, 0.3) is 0 Å². The van der Waals surface area contributed by atoms with Crippen LogP contribution in [0.15, 0.2) is 47.6 Å². The van der Waals surface area contributed by atoms with Crippen molar-refractivity contribution in [3.8, 4) is 0 Å². The van der Waals surface area contributed by atoms with E-state index in [4.69, 9.17) is 4.74 Å². The average molecular weight is 330 g/mol. The monoisotopic (exact) mass is 330 g/mol. The van der Waals surface area contributed by atoms with E-state index < -0.39 is 5.97 Å². The zero-order valence-corrected chi connectivity index (χ0v) is 13.9. The second-order valence-electron chi connectivity index (χ2n) is 4.57. The van der Waals surface area contributed by atoms with Gasteiger partial charge in [0, 0.05) is 11.9 Å². The summed E-state index contributed by atoms with van der Waals surface area (Å²) >= 11 is 1.62. The predicted octanol–water partition coefficient (Wildman–Crippen LogP) is 3.62. The molecule has 5 nitrogen and oxygen atoms in total. The third-order valence-corrected chi connectivity index (χ3v) is 3.75. The summed E-state index contributed by atoms with van der Waals surface area (Å²) in [5, 5.41) is 3.64. The van der Waals surface area contributed by atoms with Crippen molar-refractivity contribution < 1.29 is 14.3 Å². The van der Waals surface area contributed by atoms with Gasteiger partial charge in [-0.05, 0) is 43.0 Å². The van der Waals surface area contributed by atoms with Gasteiger partial charge in [0.15, 0.2) is 0 Å². The number of nitrogens with zero attached hydrogens (tertiary/aromatic N) is 1. The van der Waals surface area contributed by atoms with Gasteiger partial charge in [0.25, 0.3) is 5.91 Å². The van der Waals surface area contributed by atoms with Gasteiger partial charge in [-0.15, -0.1) is 11.8 Å². The Kier molecular flexibility index (Phi) is 6.17. The zero-order chi connectivity index (χ0) is 16.7. The van der Waals surface area contributed by atoms with Crippen LogP contribution in [-0.4, -0.2) is 29.2 Å². The Hall–Kier alpha value is -2.34. The second-order valence-corrected chi connectivity index (χ2v) is 5.86. The van der Waals surface area contributed by atoms with Crippen molar-refractivity contribution in [3.05, 3.63) is 53.7 Å². The highest BCUT2D eigenvalue weighted by Crippen LogP contribution is 2.16. The first-order chi connectivity index (χ1) is 11.1. The number of anilines is 1. The fourth-order valence-corrected chi connectivity index (χ4v) is 2.48. The number of ether oxygens (including phenoxy) is 1. The van der Waals surface area contributed by atoms with Crippen LogP contribution in [-0.2, 0) is 4.74 Å². The number of rotatable bonds is 6. The molecule has 6 heteroatoms. The molecule has 0 aliphatic rings. The fraction of sp³-hybridized carbons (Fsp3) is 0.235. The maximum atomic E-state index is 12.2. The number of hydrogen-bond donors (Lipinski definition) is 1. The minimum absolute atomic E-state index is 0.272. The minimum atomic E-state index is -0.411. The Labute approximate surface area is 139 Å². The van der Waals surface area contributed by atoms with E-state index in [9.17, 15) is 9.59 Å². The number of carbonyl (C=O) groups excluding carboxylic acids is 2. The molecule has 0 atom stereocenters. The molecule has 2 rings (SSSR count). The molecule has 120 valence electrons. The van der Waals surface area contributed by atoms with Crippen molar-refractivity contribution in [1.82, 2.24) is 4.98 Å². The van der Waals surface area contributed by atoms with E-state index >= 15 is 0 Å². The summed E-state index contributed by atoms with van der Waals surface area (Å²) in [5.41, 5.74) is 1.40. The van der Waals surface area contributed by atoms with E-state index in [0.29, 0.717) is 23.4 Å². The predicted molar refractivity (Wildman–Crippen MR) is 91.0 cm³/mol. The standard InChI is InChI=1S/C17H18N2O3S/c1-3-22-17(21)12-6-5-7-14(10-12)19-16(20)13-8-9-15(18-11-13)23-4-2/h5-11H,3-4H2,1-2H3,(H,19,20). The largest absolute Gasteiger partial charge is 0.462 e. The van der Waals surface area contributed by atoms with Gasteiger partial charge in [-0.3, -0.25) is 4.79 Å². The molecule has 0 aliphatic carbocycles. The Bertz CT molecular complexity index is 686. The van der Waals surface area contributed by atoms with Crippen LogP contribution >= 0.6 is 11.8 Å². The van der Waals surface area contributed by atoms with Gasteiger partial charge in [-0.2, -0.15) is 0 Å². The molecular formula is C17H18N2O3S. The van der Waals surface area contributed by atoms with E-state index in [1.54, 1.807) is 55.2 Å². The smallest absolute Gasteiger partial charge is 0.338 e. The molecule has 0 bridgehead atoms. The molecule has 0 unspecified atom stereocenters. The third kappa shape index (κ3) is 4.82. The van der Waals surface area contributed by atoms with E-state index in [2.05, 4.69) is 10.3 Å². The van der Waals surface area contributed by atoms with E-state index in [0.717, 1.165) is 10.8 Å². The summed E-state index contributed by atoms with van der Waals surface area (Å²) in [6.45, 7) is 4.10. The third-order valence-electron chi connectivity index (χ3n) is 2.92. The Balaban J connectivity index is 2.07. The number of nitrogens with one attached hydrogen (secondary N) is 1. The van der Waals surface area contributed by atoms with Gasteiger partial charge >= 0.3 is 5.97 Å². The first-order valence-corrected chi connectivity index (χ1v) is 8.30. The SMILES string of the molecule is CCOC(=O)c1cccc(NC(=O)c2ccc(SCC)nc2)c1. The summed E-state index contributed by atoms with van der Waals surface area (Å²) in [6, 6.07) is 10.2. The van der Waals surface area contributed by atoms with Gasteiger partial charge in [-0.1, -0.05) is 13.0 Å². The van der Waals surface area contributed by atoms with E-state index in [1.807, 2.05) is 13.0 Å². The van der Waals surface area contributed by atoms with Gasteiger partial charge < -0.3 is 10.1 Å². The minimum Gasteiger partial charge on any atom is -0.462 e. The normalized spacial score (nSPS) is 10.2. The Morgan fingerprint density at radius 3 is 2.65 bits per heavy atom. The highest BCUT2D eigenvalue weighted by Gasteiger charge is 2.10. The Morgan fingerprint density at radius 1 is 1.17 bits per heavy atom. The highest BCUT2D eigenvalue weighted by atomic mass is 32.2. The molecule has 0 saturated heterocycles. The van der Waals surface area contributed by atoms with Crippen LogP contribution in [0, 0.1) is 0 Å². The number of hydrogen-bond acceptors (Lipinski definition) is 5. The van der Waals surface area contributed by atoms with Crippen molar-refractivity contribution >= 4 is 29.3 Å². The number of esters is 1. The van der Waals surface area contributed by atoms with Crippen LogP contribution in [0.5, 0.6) is 0 Å². The average Bonchev–Trinajstić information content (AvgIpc) is 2.56. The first kappa shape index (κ1) is 17.0. The second kappa shape index (κ2) is 8.33. The molecule has 1 N–H and O–H groups in total. The van der Waals surface area contributed by atoms with Gasteiger partial charge in [0.05, 0.1) is 22.8 Å². The summed E-state index contributed by atoms with van der Waals surface area (Å²) < 4.78 is 4.94. The molecule has 1 aromatic carbocycles. The lowest BCUT2D eigenvalue weighted by Gasteiger charge is -2.07. The van der Waals surface area contributed by atoms with Crippen molar-refractivity contribution in [1.29, 1.82) is 0 Å². The van der Waals surface area contributed by atoms with Crippen LogP contribution in [0.1, 0.15) is 34.6 Å². The molecule has 1 heterocycles. The summed E-state index contributed by atoms with van der Waals surface area (Å²) in [7, 11) is 0. The van der Waals surface area contributed by atoms with Crippen molar-refractivity contribution in [2.24, 2.45) is 0 Å². The van der Waals surface area contributed by atoms with Crippen LogP contribution in [0.2, 0.25) is 0 Å². The van der Waals surface area contributed by atoms with Crippen molar-refractivity contribution in [2.45, 2.75) is 18.9 Å². The molecule has 1 aromatic heterocycles. The molecular weight excluding hydrogens is 312 g/mol. The number of carbonyl (C=O) groups is 2. The van der Waals surface area contributed by atoms with Crippen molar-refractivity contribution in [2.75, 3.05) is 17.7 Å². The number of pyridine rings is 1. The molecule has 2 aromatic rings. The summed E-state index contributed by atoms with van der Waals surface area (Å²) in [4.78, 5) is 28.1. The Morgan fingerprint density at radius 2 is 2.00 bits per heavy atom. The first-order valence-electron chi connectivity index (χ1n) is 7.31. The maximum Gasteiger partial charge on any atom is 0.338 e.